The first-order valence-corrected chi connectivity index (χ1v) is 6.73. The Kier molecular flexibility index (Phi) is 3.18. The Hall–Kier alpha value is -2.30. The summed E-state index contributed by atoms with van der Waals surface area (Å²) < 4.78 is 0. The van der Waals surface area contributed by atoms with Crippen molar-refractivity contribution >= 4 is 11.6 Å². The molecule has 2 aromatic heterocycles. The number of Topliss-reactive ketones (excluding diaryl/α,β-unsaturated/α-hetero) is 1. The van der Waals surface area contributed by atoms with Crippen LogP contribution < -0.4 is 4.90 Å². The molecule has 1 aliphatic rings. The zero-order chi connectivity index (χ0) is 14.1. The number of ketones is 1. The van der Waals surface area contributed by atoms with E-state index in [0.29, 0.717) is 5.56 Å². The van der Waals surface area contributed by atoms with Crippen LogP contribution in [0.3, 0.4) is 0 Å². The molecule has 2 aromatic rings. The Bertz CT molecular complexity index is 651. The lowest BCUT2D eigenvalue weighted by molar-refractivity contribution is 0.101. The van der Waals surface area contributed by atoms with Gasteiger partial charge in [0.1, 0.15) is 11.6 Å². The average Bonchev–Trinajstić information content (AvgIpc) is 2.90. The fraction of sp³-hybridized carbons (Fsp3) is 0.333. The van der Waals surface area contributed by atoms with Crippen molar-refractivity contribution in [3.8, 4) is 0 Å². The first-order chi connectivity index (χ1) is 9.67. The van der Waals surface area contributed by atoms with E-state index in [1.807, 2.05) is 18.3 Å². The number of nitrogens with zero attached hydrogens (tertiary/aromatic N) is 4. The SMILES string of the molecule is CCc1ncc2c(n1)CN(c1ccc(C(C)=O)cn1)C2. The summed E-state index contributed by atoms with van der Waals surface area (Å²) in [4.78, 5) is 26.7. The molecule has 0 aliphatic carbocycles. The van der Waals surface area contributed by atoms with Crippen molar-refractivity contribution in [2.75, 3.05) is 4.90 Å². The summed E-state index contributed by atoms with van der Waals surface area (Å²) in [5, 5.41) is 0. The predicted octanol–water partition coefficient (Wildman–Crippen LogP) is 2.16. The number of hydrogen-bond donors (Lipinski definition) is 0. The quantitative estimate of drug-likeness (QED) is 0.798. The second-order valence-corrected chi connectivity index (χ2v) is 4.93. The minimum absolute atomic E-state index is 0.0345. The van der Waals surface area contributed by atoms with Crippen LogP contribution in [0.5, 0.6) is 0 Å². The molecule has 5 nitrogen and oxygen atoms in total. The van der Waals surface area contributed by atoms with E-state index in [0.717, 1.165) is 42.4 Å². The van der Waals surface area contributed by atoms with Crippen LogP contribution in [0.25, 0.3) is 0 Å². The Balaban J connectivity index is 1.82. The zero-order valence-corrected chi connectivity index (χ0v) is 11.6. The van der Waals surface area contributed by atoms with Crippen LogP contribution in [0.4, 0.5) is 5.82 Å². The number of aromatic nitrogens is 3. The van der Waals surface area contributed by atoms with Crippen LogP contribution in [0, 0.1) is 0 Å². The summed E-state index contributed by atoms with van der Waals surface area (Å²) in [5.74, 6) is 1.78. The molecule has 0 unspecified atom stereocenters. The van der Waals surface area contributed by atoms with Crippen molar-refractivity contribution in [1.29, 1.82) is 0 Å². The minimum atomic E-state index is 0.0345. The van der Waals surface area contributed by atoms with Gasteiger partial charge in [-0.2, -0.15) is 0 Å². The summed E-state index contributed by atoms with van der Waals surface area (Å²) in [6.45, 7) is 5.11. The molecule has 0 spiro atoms. The highest BCUT2D eigenvalue weighted by atomic mass is 16.1. The van der Waals surface area contributed by atoms with Crippen molar-refractivity contribution in [1.82, 2.24) is 15.0 Å². The molecule has 0 atom stereocenters. The highest BCUT2D eigenvalue weighted by molar-refractivity contribution is 5.93. The van der Waals surface area contributed by atoms with E-state index in [1.165, 1.54) is 0 Å². The molecule has 102 valence electrons. The third-order valence-electron chi connectivity index (χ3n) is 3.50. The van der Waals surface area contributed by atoms with Crippen LogP contribution in [0.1, 0.15) is 41.3 Å². The molecule has 3 rings (SSSR count). The summed E-state index contributed by atoms with van der Waals surface area (Å²) in [6, 6.07) is 3.70. The molecule has 0 fully saturated rings. The maximum atomic E-state index is 11.3. The first-order valence-electron chi connectivity index (χ1n) is 6.73. The molecular formula is C15H16N4O. The van der Waals surface area contributed by atoms with Gasteiger partial charge in [-0.25, -0.2) is 15.0 Å². The molecule has 0 aromatic carbocycles. The molecule has 0 N–H and O–H groups in total. The third kappa shape index (κ3) is 2.27. The van der Waals surface area contributed by atoms with Crippen LogP contribution in [-0.4, -0.2) is 20.7 Å². The second-order valence-electron chi connectivity index (χ2n) is 4.93. The molecule has 3 heterocycles. The molecule has 5 heteroatoms. The van der Waals surface area contributed by atoms with Gasteiger partial charge in [-0.1, -0.05) is 6.92 Å². The monoisotopic (exact) mass is 268 g/mol. The topological polar surface area (TPSA) is 59.0 Å². The van der Waals surface area contributed by atoms with E-state index in [2.05, 4.69) is 26.8 Å². The maximum absolute atomic E-state index is 11.3. The standard InChI is InChI=1S/C15H16N4O/c1-3-14-16-7-12-8-19(9-13(12)18-14)15-5-4-11(6-17-15)10(2)20/h4-7H,3,8-9H2,1-2H3. The van der Waals surface area contributed by atoms with Crippen LogP contribution in [0.2, 0.25) is 0 Å². The summed E-state index contributed by atoms with van der Waals surface area (Å²) >= 11 is 0. The lowest BCUT2D eigenvalue weighted by Crippen LogP contribution is -2.16. The van der Waals surface area contributed by atoms with Gasteiger partial charge in [0, 0.05) is 36.5 Å². The normalized spacial score (nSPS) is 13.4. The van der Waals surface area contributed by atoms with Gasteiger partial charge in [-0.15, -0.1) is 0 Å². The number of carbonyl (C=O) groups is 1. The molecule has 0 radical (unpaired) electrons. The Morgan fingerprint density at radius 1 is 1.25 bits per heavy atom. The van der Waals surface area contributed by atoms with E-state index in [9.17, 15) is 4.79 Å². The van der Waals surface area contributed by atoms with E-state index in [4.69, 9.17) is 0 Å². The highest BCUT2D eigenvalue weighted by Crippen LogP contribution is 2.25. The number of rotatable bonds is 3. The number of aryl methyl sites for hydroxylation is 1. The third-order valence-corrected chi connectivity index (χ3v) is 3.50. The lowest BCUT2D eigenvalue weighted by Gasteiger charge is -2.15. The minimum Gasteiger partial charge on any atom is -0.346 e. The van der Waals surface area contributed by atoms with Gasteiger partial charge in [0.05, 0.1) is 12.2 Å². The predicted molar refractivity (Wildman–Crippen MR) is 75.5 cm³/mol. The summed E-state index contributed by atoms with van der Waals surface area (Å²) in [5.41, 5.74) is 2.87. The Morgan fingerprint density at radius 2 is 2.10 bits per heavy atom. The van der Waals surface area contributed by atoms with Crippen molar-refractivity contribution in [2.24, 2.45) is 0 Å². The van der Waals surface area contributed by atoms with Gasteiger partial charge < -0.3 is 4.90 Å². The van der Waals surface area contributed by atoms with Crippen molar-refractivity contribution in [3.05, 3.63) is 47.2 Å². The van der Waals surface area contributed by atoms with Crippen molar-refractivity contribution < 1.29 is 4.79 Å². The highest BCUT2D eigenvalue weighted by Gasteiger charge is 2.22. The van der Waals surface area contributed by atoms with Gasteiger partial charge in [-0.3, -0.25) is 4.79 Å². The van der Waals surface area contributed by atoms with E-state index < -0.39 is 0 Å². The van der Waals surface area contributed by atoms with Gasteiger partial charge in [0.2, 0.25) is 0 Å². The van der Waals surface area contributed by atoms with Crippen LogP contribution >= 0.6 is 0 Å². The lowest BCUT2D eigenvalue weighted by atomic mass is 10.2. The number of carbonyl (C=O) groups excluding carboxylic acids is 1. The smallest absolute Gasteiger partial charge is 0.161 e. The van der Waals surface area contributed by atoms with Gasteiger partial charge in [0.15, 0.2) is 5.78 Å². The molecule has 20 heavy (non-hydrogen) atoms. The van der Waals surface area contributed by atoms with Gasteiger partial charge in [-0.05, 0) is 19.1 Å². The van der Waals surface area contributed by atoms with Gasteiger partial charge in [0.25, 0.3) is 0 Å². The average molecular weight is 268 g/mol. The fourth-order valence-corrected chi connectivity index (χ4v) is 2.31. The van der Waals surface area contributed by atoms with E-state index in [-0.39, 0.29) is 5.78 Å². The molecule has 0 saturated carbocycles. The largest absolute Gasteiger partial charge is 0.346 e. The second kappa shape index (κ2) is 5.00. The number of pyridine rings is 1. The van der Waals surface area contributed by atoms with Crippen molar-refractivity contribution in [3.63, 3.8) is 0 Å². The van der Waals surface area contributed by atoms with Crippen LogP contribution in [0.15, 0.2) is 24.5 Å². The van der Waals surface area contributed by atoms with Crippen molar-refractivity contribution in [2.45, 2.75) is 33.4 Å². The number of hydrogen-bond acceptors (Lipinski definition) is 5. The van der Waals surface area contributed by atoms with Crippen LogP contribution in [-0.2, 0) is 19.5 Å². The Morgan fingerprint density at radius 3 is 2.75 bits per heavy atom. The summed E-state index contributed by atoms with van der Waals surface area (Å²) in [6.07, 6.45) is 4.38. The zero-order valence-electron chi connectivity index (χ0n) is 11.6. The Labute approximate surface area is 117 Å². The van der Waals surface area contributed by atoms with E-state index >= 15 is 0 Å². The number of fused-ring (bicyclic) bond motifs is 1. The molecule has 1 aliphatic heterocycles. The number of anilines is 1. The van der Waals surface area contributed by atoms with Gasteiger partial charge >= 0.3 is 0 Å². The molecule has 0 bridgehead atoms. The molecule has 0 saturated heterocycles. The molecule has 0 amide bonds. The van der Waals surface area contributed by atoms with E-state index in [1.54, 1.807) is 13.1 Å². The summed E-state index contributed by atoms with van der Waals surface area (Å²) in [7, 11) is 0. The fourth-order valence-electron chi connectivity index (χ4n) is 2.31. The first kappa shape index (κ1) is 12.7. The maximum Gasteiger partial charge on any atom is 0.161 e. The molecular weight excluding hydrogens is 252 g/mol.